The van der Waals surface area contributed by atoms with Crippen LogP contribution in [-0.4, -0.2) is 121 Å². The SMILES string of the molecule is CC1(C)[C@H](NC(=O)/C(=N\O[C@@H](COc2ccc3nc(NC4CCNCC4)ccc3c2)c2nn[nH]n2)c2csc(N)n2)C(=O)N1OS(=O)(=O)O.O=C(O)C(F)(F)F. The third-order valence-corrected chi connectivity index (χ3v) is 9.03. The van der Waals surface area contributed by atoms with Crippen molar-refractivity contribution in [2.75, 3.05) is 30.7 Å². The number of fused-ring (bicyclic) bond motifs is 1. The summed E-state index contributed by atoms with van der Waals surface area (Å²) < 4.78 is 73.4. The minimum absolute atomic E-state index is 0.0273. The molecule has 3 aromatic heterocycles. The summed E-state index contributed by atoms with van der Waals surface area (Å²) >= 11 is 1.03. The molecule has 6 rings (SSSR count). The van der Waals surface area contributed by atoms with Crippen LogP contribution in [0.25, 0.3) is 10.9 Å². The number of carboxylic acids is 1. The second-order valence-electron chi connectivity index (χ2n) is 12.4. The van der Waals surface area contributed by atoms with E-state index < -0.39 is 52.0 Å². The number of hydrogen-bond donors (Lipinski definition) is 7. The molecule has 1 aromatic carbocycles. The van der Waals surface area contributed by atoms with Gasteiger partial charge in [0.15, 0.2) is 10.8 Å². The maximum absolute atomic E-state index is 13.4. The number of amides is 2. The monoisotopic (exact) mass is 830 g/mol. The summed E-state index contributed by atoms with van der Waals surface area (Å²) in [5, 5.41) is 37.1. The number of halogens is 3. The Balaban J connectivity index is 0.000000784. The highest BCUT2D eigenvalue weighted by Gasteiger charge is 2.58. The van der Waals surface area contributed by atoms with E-state index in [2.05, 4.69) is 51.0 Å². The Morgan fingerprint density at radius 3 is 2.50 bits per heavy atom. The molecule has 5 heterocycles. The van der Waals surface area contributed by atoms with Gasteiger partial charge in [-0.2, -0.15) is 31.9 Å². The van der Waals surface area contributed by atoms with Gasteiger partial charge in [0.25, 0.3) is 11.8 Å². The highest BCUT2D eigenvalue weighted by Crippen LogP contribution is 2.33. The summed E-state index contributed by atoms with van der Waals surface area (Å²) in [6.45, 7) is 4.60. The number of ether oxygens (including phenoxy) is 1. The number of β-lactam (4-membered cyclic amide) rings is 1. The van der Waals surface area contributed by atoms with Gasteiger partial charge in [-0.05, 0) is 70.1 Å². The lowest BCUT2D eigenvalue weighted by Crippen LogP contribution is -2.76. The average molecular weight is 831 g/mol. The number of rotatable bonds is 13. The molecule has 22 nitrogen and oxygen atoms in total. The predicted molar refractivity (Wildman–Crippen MR) is 187 cm³/mol. The van der Waals surface area contributed by atoms with E-state index in [1.54, 1.807) is 6.07 Å². The maximum atomic E-state index is 13.4. The van der Waals surface area contributed by atoms with Gasteiger partial charge in [-0.15, -0.1) is 25.8 Å². The van der Waals surface area contributed by atoms with E-state index >= 15 is 0 Å². The molecule has 8 N–H and O–H groups in total. The minimum Gasteiger partial charge on any atom is -0.489 e. The van der Waals surface area contributed by atoms with E-state index in [1.807, 2.05) is 24.3 Å². The number of thiazole rings is 1. The van der Waals surface area contributed by atoms with Crippen molar-refractivity contribution in [3.8, 4) is 5.75 Å². The van der Waals surface area contributed by atoms with Crippen molar-refractivity contribution >= 4 is 67.1 Å². The van der Waals surface area contributed by atoms with E-state index in [4.69, 9.17) is 34.7 Å². The number of alkyl halides is 3. The Bertz CT molecular complexity index is 2180. The third-order valence-electron chi connectivity index (χ3n) is 8.02. The fourth-order valence-electron chi connectivity index (χ4n) is 5.22. The van der Waals surface area contributed by atoms with Crippen LogP contribution < -0.4 is 26.4 Å². The average Bonchev–Trinajstić information content (AvgIpc) is 3.83. The van der Waals surface area contributed by atoms with Crippen molar-refractivity contribution < 1.29 is 59.5 Å². The van der Waals surface area contributed by atoms with Gasteiger partial charge in [-0.1, -0.05) is 10.4 Å². The number of aliphatic carboxylic acids is 1. The van der Waals surface area contributed by atoms with Crippen LogP contribution in [0.3, 0.4) is 0 Å². The number of pyridine rings is 1. The Hall–Kier alpha value is -5.77. The first-order valence-corrected chi connectivity index (χ1v) is 18.4. The van der Waals surface area contributed by atoms with Gasteiger partial charge in [0.1, 0.15) is 29.9 Å². The lowest BCUT2D eigenvalue weighted by Gasteiger charge is -2.50. The topological polar surface area (TPSA) is 311 Å². The predicted octanol–water partition coefficient (Wildman–Crippen LogP) is 0.965. The molecule has 27 heteroatoms. The summed E-state index contributed by atoms with van der Waals surface area (Å²) in [6.07, 6.45) is -4.12. The van der Waals surface area contributed by atoms with Gasteiger partial charge in [0.05, 0.1) is 11.1 Å². The van der Waals surface area contributed by atoms with Gasteiger partial charge < -0.3 is 36.4 Å². The summed E-state index contributed by atoms with van der Waals surface area (Å²) in [6, 6.07) is 8.37. The number of hydrogen-bond acceptors (Lipinski definition) is 18. The lowest BCUT2D eigenvalue weighted by atomic mass is 9.84. The molecular weight excluding hydrogens is 798 g/mol. The number of tetrazole rings is 1. The Labute approximate surface area is 317 Å². The van der Waals surface area contributed by atoms with Crippen molar-refractivity contribution in [1.29, 1.82) is 0 Å². The highest BCUT2D eigenvalue weighted by atomic mass is 32.3. The number of aromatic nitrogens is 6. The number of anilines is 2. The van der Waals surface area contributed by atoms with Crippen molar-refractivity contribution in [1.82, 2.24) is 46.3 Å². The molecule has 0 bridgehead atoms. The number of hydroxylamine groups is 2. The normalized spacial score (nSPS) is 18.0. The second kappa shape index (κ2) is 16.9. The van der Waals surface area contributed by atoms with E-state index in [-0.39, 0.29) is 29.0 Å². The third kappa shape index (κ3) is 10.5. The number of H-pyrrole nitrogens is 1. The molecule has 2 amide bonds. The fraction of sp³-hybridized carbons (Fsp3) is 0.414. The zero-order valence-corrected chi connectivity index (χ0v) is 30.7. The molecule has 2 fully saturated rings. The molecule has 2 atom stereocenters. The first kappa shape index (κ1) is 41.4. The minimum atomic E-state index is -5.08. The van der Waals surface area contributed by atoms with Crippen molar-refractivity contribution in [2.45, 2.75) is 56.6 Å². The molecule has 302 valence electrons. The maximum Gasteiger partial charge on any atom is 0.490 e. The van der Waals surface area contributed by atoms with Gasteiger partial charge in [0, 0.05) is 16.8 Å². The summed E-state index contributed by atoms with van der Waals surface area (Å²) in [5.41, 5.74) is 4.85. The first-order valence-electron chi connectivity index (χ1n) is 16.1. The number of nitrogens with one attached hydrogen (secondary N) is 4. The van der Waals surface area contributed by atoms with Crippen LogP contribution in [0.4, 0.5) is 24.1 Å². The second-order valence-corrected chi connectivity index (χ2v) is 14.3. The molecule has 0 radical (unpaired) electrons. The molecular formula is C29H33F3N12O10S2. The van der Waals surface area contributed by atoms with E-state index in [9.17, 15) is 31.2 Å². The molecule has 2 aliphatic rings. The largest absolute Gasteiger partial charge is 0.490 e. The fourth-order valence-corrected chi connectivity index (χ4v) is 6.22. The molecule has 2 aliphatic heterocycles. The number of carbonyl (C=O) groups is 3. The van der Waals surface area contributed by atoms with Crippen LogP contribution in [0.15, 0.2) is 40.9 Å². The van der Waals surface area contributed by atoms with Crippen molar-refractivity contribution in [3.05, 3.63) is 47.2 Å². The molecule has 56 heavy (non-hydrogen) atoms. The van der Waals surface area contributed by atoms with Crippen LogP contribution in [0.1, 0.15) is 44.3 Å². The number of nitrogens with two attached hydrogens (primary N) is 1. The highest BCUT2D eigenvalue weighted by molar-refractivity contribution is 7.80. The zero-order chi connectivity index (χ0) is 40.8. The van der Waals surface area contributed by atoms with Crippen molar-refractivity contribution in [3.63, 3.8) is 0 Å². The lowest BCUT2D eigenvalue weighted by molar-refractivity contribution is -0.218. The first-order chi connectivity index (χ1) is 26.3. The standard InChI is InChI=1S/C27H32N12O8S2.C2HF3O2/c1-27(2)22(25(41)39(27)47-49(42,43)44)33-24(40)21(18-13-48-26(28)32-18)36-46-19(23-34-37-38-35-23)12-45-16-4-5-17-14(11-16)3-6-20(31-17)30-15-7-9-29-10-8-15;3-2(4,5)1(6)7/h3-6,11,13,15,19,22,29H,7-10,12H2,1-2H3,(H2,28,32)(H,30,31)(H,33,40)(H,42,43,44)(H,34,35,37,38);(H,6,7)/b36-21-;/t19-,22+;/m0./s1. The number of oxime groups is 1. The molecule has 0 aliphatic carbocycles. The van der Waals surface area contributed by atoms with E-state index in [1.165, 1.54) is 19.2 Å². The van der Waals surface area contributed by atoms with E-state index in [0.717, 1.165) is 54.0 Å². The van der Waals surface area contributed by atoms with Crippen molar-refractivity contribution in [2.24, 2.45) is 5.16 Å². The molecule has 0 unspecified atom stereocenters. The van der Waals surface area contributed by atoms with Gasteiger partial charge >= 0.3 is 22.5 Å². The number of aromatic amines is 1. The number of piperidine rings is 1. The summed E-state index contributed by atoms with van der Waals surface area (Å²) in [7, 11) is -4.99. The number of benzene rings is 1. The van der Waals surface area contributed by atoms with Crippen LogP contribution in [0.2, 0.25) is 0 Å². The van der Waals surface area contributed by atoms with Crippen LogP contribution in [0, 0.1) is 0 Å². The molecule has 0 spiro atoms. The van der Waals surface area contributed by atoms with Gasteiger partial charge in [-0.3, -0.25) is 14.1 Å². The Kier molecular flexibility index (Phi) is 12.5. The van der Waals surface area contributed by atoms with Crippen LogP contribution in [0.5, 0.6) is 5.75 Å². The number of nitrogen functional groups attached to an aromatic ring is 1. The number of carbonyl (C=O) groups excluding carboxylic acids is 2. The molecule has 2 saturated heterocycles. The smallest absolute Gasteiger partial charge is 0.489 e. The van der Waals surface area contributed by atoms with Gasteiger partial charge in [-0.25, -0.2) is 14.8 Å². The van der Waals surface area contributed by atoms with E-state index in [0.29, 0.717) is 16.9 Å². The zero-order valence-electron chi connectivity index (χ0n) is 29.1. The quantitative estimate of drug-likeness (QED) is 0.0427. The number of nitrogens with zero attached hydrogens (tertiary/aromatic N) is 7. The molecule has 0 saturated carbocycles. The van der Waals surface area contributed by atoms with Gasteiger partial charge in [0.2, 0.25) is 11.9 Å². The number of carboxylic acid groups (broad SMARTS) is 1. The molecule has 4 aromatic rings. The van der Waals surface area contributed by atoms with Crippen LogP contribution in [-0.2, 0) is 33.9 Å². The summed E-state index contributed by atoms with van der Waals surface area (Å²) in [4.78, 5) is 49.5. The van der Waals surface area contributed by atoms with Crippen LogP contribution >= 0.6 is 11.3 Å². The Morgan fingerprint density at radius 1 is 1.20 bits per heavy atom. The Morgan fingerprint density at radius 2 is 1.91 bits per heavy atom. The summed E-state index contributed by atoms with van der Waals surface area (Å²) in [5.74, 6) is -3.26.